The molecule has 3 aromatic rings. The highest BCUT2D eigenvalue weighted by Crippen LogP contribution is 2.39. The molecule has 0 spiro atoms. The summed E-state index contributed by atoms with van der Waals surface area (Å²) in [6, 6.07) is 12.1. The molecule has 0 fully saturated rings. The predicted octanol–water partition coefficient (Wildman–Crippen LogP) is 3.17. The van der Waals surface area contributed by atoms with Crippen molar-refractivity contribution in [1.82, 2.24) is 4.98 Å². The zero-order valence-corrected chi connectivity index (χ0v) is 11.5. The fourth-order valence-electron chi connectivity index (χ4n) is 1.90. The van der Waals surface area contributed by atoms with Gasteiger partial charge in [-0.05, 0) is 36.0 Å². The zero-order chi connectivity index (χ0) is 14.8. The lowest BCUT2D eigenvalue weighted by Crippen LogP contribution is -2.09. The Morgan fingerprint density at radius 3 is 2.76 bits per heavy atom. The molecule has 0 aliphatic rings. The van der Waals surface area contributed by atoms with Gasteiger partial charge >= 0.3 is 5.69 Å². The van der Waals surface area contributed by atoms with E-state index < -0.39 is 4.92 Å². The molecule has 106 valence electrons. The highest BCUT2D eigenvalue weighted by Gasteiger charge is 2.21. The number of nitrogens with one attached hydrogen (secondary N) is 1. The van der Waals surface area contributed by atoms with Crippen molar-refractivity contribution in [1.29, 1.82) is 0 Å². The van der Waals surface area contributed by atoms with Crippen LogP contribution in [0.1, 0.15) is 0 Å². The molecule has 0 saturated heterocycles. The smallest absolute Gasteiger partial charge is 0.307 e. The molecular formula is C13H10N4O3S. The number of aromatic nitrogens is 1. The van der Waals surface area contributed by atoms with Crippen LogP contribution in [0.2, 0.25) is 0 Å². The number of benzene rings is 2. The van der Waals surface area contributed by atoms with Crippen molar-refractivity contribution >= 4 is 34.2 Å². The van der Waals surface area contributed by atoms with Crippen molar-refractivity contribution in [3.8, 4) is 0 Å². The van der Waals surface area contributed by atoms with E-state index in [0.29, 0.717) is 21.2 Å². The van der Waals surface area contributed by atoms with Gasteiger partial charge < -0.3 is 9.84 Å². The summed E-state index contributed by atoms with van der Waals surface area (Å²) >= 11 is 1.08. The molecule has 3 N–H and O–H groups in total. The summed E-state index contributed by atoms with van der Waals surface area (Å²) in [6.07, 6.45) is 0. The molecule has 0 amide bonds. The van der Waals surface area contributed by atoms with Crippen LogP contribution in [-0.2, 0) is 0 Å². The molecule has 7 nitrogen and oxygen atoms in total. The first kappa shape index (κ1) is 13.4. The molecule has 0 saturated carbocycles. The van der Waals surface area contributed by atoms with E-state index in [4.69, 9.17) is 10.3 Å². The topological polar surface area (TPSA) is 107 Å². The third kappa shape index (κ3) is 2.54. The van der Waals surface area contributed by atoms with Crippen LogP contribution in [0.3, 0.4) is 0 Å². The quantitative estimate of drug-likeness (QED) is 0.433. The molecule has 0 aliphatic heterocycles. The molecule has 0 unspecified atom stereocenters. The van der Waals surface area contributed by atoms with Gasteiger partial charge in [-0.25, -0.2) is 4.98 Å². The number of nitrogen functional groups attached to an aromatic ring is 1. The maximum atomic E-state index is 11.2. The van der Waals surface area contributed by atoms with E-state index in [0.717, 1.165) is 11.8 Å². The number of nitrogens with zero attached hydrogens (tertiary/aromatic N) is 2. The molecule has 2 aromatic carbocycles. The second-order valence-corrected chi connectivity index (χ2v) is 5.10. The van der Waals surface area contributed by atoms with E-state index in [9.17, 15) is 10.1 Å². The number of hydrogen-bond donors (Lipinski definition) is 2. The molecule has 1 aromatic heterocycles. The predicted molar refractivity (Wildman–Crippen MR) is 79.0 cm³/mol. The maximum Gasteiger partial charge on any atom is 0.307 e. The van der Waals surface area contributed by atoms with Gasteiger partial charge in [0.2, 0.25) is 0 Å². The van der Waals surface area contributed by atoms with Crippen molar-refractivity contribution in [2.24, 2.45) is 5.84 Å². The van der Waals surface area contributed by atoms with E-state index in [1.807, 2.05) is 18.2 Å². The minimum absolute atomic E-state index is 0.104. The Morgan fingerprint density at radius 2 is 2.05 bits per heavy atom. The minimum Gasteiger partial charge on any atom is -0.431 e. The first-order valence-electron chi connectivity index (χ1n) is 5.96. The maximum absolute atomic E-state index is 11.2. The number of oxazole rings is 1. The van der Waals surface area contributed by atoms with Gasteiger partial charge in [0.05, 0.1) is 9.82 Å². The SMILES string of the molecule is NNc1cccc(Sc2nc3ccccc3o2)c1[N+](=O)[O-]. The Hall–Kier alpha value is -2.58. The van der Waals surface area contributed by atoms with Crippen molar-refractivity contribution in [2.75, 3.05) is 5.43 Å². The zero-order valence-electron chi connectivity index (χ0n) is 10.6. The van der Waals surface area contributed by atoms with Crippen LogP contribution in [0.5, 0.6) is 0 Å². The fraction of sp³-hybridized carbons (Fsp3) is 0. The summed E-state index contributed by atoms with van der Waals surface area (Å²) in [4.78, 5) is 15.4. The highest BCUT2D eigenvalue weighted by molar-refractivity contribution is 7.99. The highest BCUT2D eigenvalue weighted by atomic mass is 32.2. The number of anilines is 1. The molecule has 3 rings (SSSR count). The number of fused-ring (bicyclic) bond motifs is 1. The number of para-hydroxylation sites is 3. The third-order valence-electron chi connectivity index (χ3n) is 2.81. The second-order valence-electron chi connectivity index (χ2n) is 4.10. The Kier molecular flexibility index (Phi) is 3.46. The molecule has 8 heteroatoms. The molecule has 0 aliphatic carbocycles. The van der Waals surface area contributed by atoms with E-state index >= 15 is 0 Å². The first-order valence-corrected chi connectivity index (χ1v) is 6.78. The van der Waals surface area contributed by atoms with Crippen molar-refractivity contribution in [3.63, 3.8) is 0 Å². The van der Waals surface area contributed by atoms with Crippen molar-refractivity contribution in [2.45, 2.75) is 10.1 Å². The number of hydrazine groups is 1. The standard InChI is InChI=1S/C13H10N4O3S/c14-16-9-5-3-7-11(12(9)17(18)19)21-13-15-8-4-1-2-6-10(8)20-13/h1-7,16H,14H2. The Labute approximate surface area is 123 Å². The number of nitro groups is 1. The van der Waals surface area contributed by atoms with Gasteiger partial charge in [0.1, 0.15) is 11.2 Å². The summed E-state index contributed by atoms with van der Waals surface area (Å²) in [5, 5.41) is 11.6. The summed E-state index contributed by atoms with van der Waals surface area (Å²) in [5.41, 5.74) is 3.80. The third-order valence-corrected chi connectivity index (χ3v) is 3.71. The first-order chi connectivity index (χ1) is 10.2. The fourth-order valence-corrected chi connectivity index (χ4v) is 2.79. The largest absolute Gasteiger partial charge is 0.431 e. The van der Waals surface area contributed by atoms with Gasteiger partial charge in [0.15, 0.2) is 5.58 Å². The lowest BCUT2D eigenvalue weighted by atomic mass is 10.3. The van der Waals surface area contributed by atoms with E-state index in [1.165, 1.54) is 6.07 Å². The van der Waals surface area contributed by atoms with Crippen molar-refractivity contribution < 1.29 is 9.34 Å². The van der Waals surface area contributed by atoms with Crippen molar-refractivity contribution in [3.05, 3.63) is 52.6 Å². The normalized spacial score (nSPS) is 10.7. The average molecular weight is 302 g/mol. The summed E-state index contributed by atoms with van der Waals surface area (Å²) in [7, 11) is 0. The molecular weight excluding hydrogens is 292 g/mol. The van der Waals surface area contributed by atoms with E-state index in [2.05, 4.69) is 10.4 Å². The number of hydrogen-bond acceptors (Lipinski definition) is 7. The van der Waals surface area contributed by atoms with Gasteiger partial charge in [-0.2, -0.15) is 0 Å². The van der Waals surface area contributed by atoms with Gasteiger partial charge in [0.25, 0.3) is 5.22 Å². The van der Waals surface area contributed by atoms with Gasteiger partial charge in [-0.3, -0.25) is 16.0 Å². The number of nitrogens with two attached hydrogens (primary N) is 1. The summed E-state index contributed by atoms with van der Waals surface area (Å²) in [5.74, 6) is 5.31. The minimum atomic E-state index is -0.486. The Balaban J connectivity index is 2.03. The Morgan fingerprint density at radius 1 is 1.24 bits per heavy atom. The van der Waals surface area contributed by atoms with Crippen LogP contribution in [-0.4, -0.2) is 9.91 Å². The van der Waals surface area contributed by atoms with Crippen LogP contribution in [0.4, 0.5) is 11.4 Å². The second kappa shape index (κ2) is 5.43. The van der Waals surface area contributed by atoms with Crippen LogP contribution in [0.25, 0.3) is 11.1 Å². The molecule has 0 atom stereocenters. The van der Waals surface area contributed by atoms with Crippen LogP contribution in [0, 0.1) is 10.1 Å². The summed E-state index contributed by atoms with van der Waals surface area (Å²) < 4.78 is 5.56. The molecule has 21 heavy (non-hydrogen) atoms. The Bertz CT molecular complexity index is 785. The lowest BCUT2D eigenvalue weighted by molar-refractivity contribution is -0.386. The molecule has 1 heterocycles. The van der Waals surface area contributed by atoms with Gasteiger partial charge in [-0.1, -0.05) is 18.2 Å². The lowest BCUT2D eigenvalue weighted by Gasteiger charge is -2.04. The monoisotopic (exact) mass is 302 g/mol. The number of rotatable bonds is 4. The molecule has 0 bridgehead atoms. The summed E-state index contributed by atoms with van der Waals surface area (Å²) in [6.45, 7) is 0. The average Bonchev–Trinajstić information content (AvgIpc) is 2.88. The van der Waals surface area contributed by atoms with Crippen LogP contribution in [0.15, 0.2) is 57.0 Å². The van der Waals surface area contributed by atoms with Gasteiger partial charge in [0, 0.05) is 0 Å². The number of nitro benzene ring substituents is 1. The van der Waals surface area contributed by atoms with Gasteiger partial charge in [-0.15, -0.1) is 0 Å². The van der Waals surface area contributed by atoms with Crippen LogP contribution >= 0.6 is 11.8 Å². The van der Waals surface area contributed by atoms with E-state index in [1.54, 1.807) is 18.2 Å². The molecule has 0 radical (unpaired) electrons. The van der Waals surface area contributed by atoms with Crippen LogP contribution < -0.4 is 11.3 Å². The van der Waals surface area contributed by atoms with E-state index in [-0.39, 0.29) is 11.4 Å².